The van der Waals surface area contributed by atoms with Gasteiger partial charge in [-0.15, -0.1) is 0 Å². The zero-order valence-electron chi connectivity index (χ0n) is 7.46. The molecule has 0 aliphatic heterocycles. The molecule has 1 aromatic heterocycles. The Morgan fingerprint density at radius 3 is 2.87 bits per heavy atom. The molecule has 0 aliphatic carbocycles. The summed E-state index contributed by atoms with van der Waals surface area (Å²) in [6, 6.07) is 4.81. The third-order valence-electron chi connectivity index (χ3n) is 2.09. The summed E-state index contributed by atoms with van der Waals surface area (Å²) in [5.41, 5.74) is 6.21. The van der Waals surface area contributed by atoms with Crippen molar-refractivity contribution < 1.29 is 4.39 Å². The number of benzene rings is 1. The van der Waals surface area contributed by atoms with E-state index in [0.717, 1.165) is 0 Å². The van der Waals surface area contributed by atoms with Crippen LogP contribution in [-0.4, -0.2) is 4.98 Å². The van der Waals surface area contributed by atoms with E-state index in [0.29, 0.717) is 5.39 Å². The number of pyridine rings is 1. The van der Waals surface area contributed by atoms with E-state index in [4.69, 9.17) is 22.6 Å². The fraction of sp³-hybridized carbons (Fsp3) is 0. The van der Waals surface area contributed by atoms with Crippen molar-refractivity contribution in [2.75, 3.05) is 5.73 Å². The van der Waals surface area contributed by atoms with E-state index in [1.165, 1.54) is 12.3 Å². The van der Waals surface area contributed by atoms with Crippen molar-refractivity contribution in [3.05, 3.63) is 34.7 Å². The third-order valence-corrected chi connectivity index (χ3v) is 2.38. The van der Waals surface area contributed by atoms with E-state index in [9.17, 15) is 4.39 Å². The fourth-order valence-electron chi connectivity index (χ4n) is 1.32. The van der Waals surface area contributed by atoms with Crippen molar-refractivity contribution in [1.82, 2.24) is 4.98 Å². The number of nitrogens with two attached hydrogens (primary N) is 1. The molecule has 0 bridgehead atoms. The summed E-state index contributed by atoms with van der Waals surface area (Å²) in [6.45, 7) is 0. The van der Waals surface area contributed by atoms with Gasteiger partial charge >= 0.3 is 0 Å². The molecular formula is C10H5ClFN3. The Morgan fingerprint density at radius 1 is 1.47 bits per heavy atom. The van der Waals surface area contributed by atoms with Crippen molar-refractivity contribution in [3.63, 3.8) is 0 Å². The first-order valence-corrected chi connectivity index (χ1v) is 4.45. The van der Waals surface area contributed by atoms with E-state index in [1.807, 2.05) is 6.07 Å². The molecule has 0 aliphatic rings. The predicted octanol–water partition coefficient (Wildman–Crippen LogP) is 2.48. The lowest BCUT2D eigenvalue weighted by Crippen LogP contribution is -1.96. The molecule has 0 saturated carbocycles. The highest BCUT2D eigenvalue weighted by Crippen LogP contribution is 2.28. The second-order valence-electron chi connectivity index (χ2n) is 2.95. The van der Waals surface area contributed by atoms with Gasteiger partial charge in [-0.3, -0.25) is 4.98 Å². The van der Waals surface area contributed by atoms with Gasteiger partial charge in [0.1, 0.15) is 11.6 Å². The molecule has 15 heavy (non-hydrogen) atoms. The van der Waals surface area contributed by atoms with Gasteiger partial charge < -0.3 is 5.73 Å². The van der Waals surface area contributed by atoms with Crippen LogP contribution < -0.4 is 5.73 Å². The minimum Gasteiger partial charge on any atom is -0.397 e. The number of hydrogen-bond acceptors (Lipinski definition) is 3. The average molecular weight is 222 g/mol. The average Bonchev–Trinajstić information content (AvgIpc) is 2.24. The van der Waals surface area contributed by atoms with Crippen LogP contribution in [-0.2, 0) is 0 Å². The first-order valence-electron chi connectivity index (χ1n) is 4.07. The zero-order valence-corrected chi connectivity index (χ0v) is 8.22. The van der Waals surface area contributed by atoms with Gasteiger partial charge in [0.25, 0.3) is 0 Å². The monoisotopic (exact) mass is 221 g/mol. The number of aromatic nitrogens is 1. The Kier molecular flexibility index (Phi) is 2.18. The van der Waals surface area contributed by atoms with Crippen LogP contribution in [0.15, 0.2) is 18.3 Å². The van der Waals surface area contributed by atoms with E-state index in [-0.39, 0.29) is 21.8 Å². The van der Waals surface area contributed by atoms with E-state index >= 15 is 0 Å². The van der Waals surface area contributed by atoms with Gasteiger partial charge in [-0.1, -0.05) is 11.6 Å². The molecule has 0 radical (unpaired) electrons. The molecule has 0 spiro atoms. The van der Waals surface area contributed by atoms with Gasteiger partial charge in [-0.05, 0) is 12.1 Å². The third kappa shape index (κ3) is 1.37. The summed E-state index contributed by atoms with van der Waals surface area (Å²) in [5.74, 6) is -0.620. The highest BCUT2D eigenvalue weighted by molar-refractivity contribution is 6.31. The smallest absolute Gasteiger partial charge is 0.168 e. The number of rotatable bonds is 0. The standard InChI is InChI=1S/C10H5ClFN3/c11-7-2-1-6-9(14)5(3-13)4-15-10(6)8(7)12/h1-2,4H,(H2,14,15). The SMILES string of the molecule is N#Cc1cnc2c(F)c(Cl)ccc2c1N. The van der Waals surface area contributed by atoms with Crippen LogP contribution in [0.5, 0.6) is 0 Å². The van der Waals surface area contributed by atoms with Gasteiger partial charge in [0, 0.05) is 11.6 Å². The van der Waals surface area contributed by atoms with Gasteiger partial charge in [0.15, 0.2) is 5.82 Å². The second-order valence-corrected chi connectivity index (χ2v) is 3.36. The van der Waals surface area contributed by atoms with E-state index < -0.39 is 5.82 Å². The normalized spacial score (nSPS) is 10.2. The van der Waals surface area contributed by atoms with Crippen molar-refractivity contribution in [2.45, 2.75) is 0 Å². The molecule has 1 aromatic carbocycles. The van der Waals surface area contributed by atoms with Crippen LogP contribution in [0.3, 0.4) is 0 Å². The molecule has 0 atom stereocenters. The van der Waals surface area contributed by atoms with Crippen LogP contribution in [0.4, 0.5) is 10.1 Å². The molecule has 2 N–H and O–H groups in total. The molecule has 1 heterocycles. The molecule has 74 valence electrons. The van der Waals surface area contributed by atoms with Gasteiger partial charge in [0.2, 0.25) is 0 Å². The molecule has 5 heteroatoms. The van der Waals surface area contributed by atoms with Crippen molar-refractivity contribution in [1.29, 1.82) is 5.26 Å². The summed E-state index contributed by atoms with van der Waals surface area (Å²) in [6.07, 6.45) is 1.23. The Hall–Kier alpha value is -1.86. The summed E-state index contributed by atoms with van der Waals surface area (Å²) in [7, 11) is 0. The minimum atomic E-state index is -0.620. The fourth-order valence-corrected chi connectivity index (χ4v) is 1.47. The lowest BCUT2D eigenvalue weighted by atomic mass is 10.1. The molecular weight excluding hydrogens is 217 g/mol. The molecule has 0 amide bonds. The molecule has 3 nitrogen and oxygen atoms in total. The number of halogens is 2. The van der Waals surface area contributed by atoms with Crippen molar-refractivity contribution in [3.8, 4) is 6.07 Å². The highest BCUT2D eigenvalue weighted by Gasteiger charge is 2.11. The Balaban J connectivity index is 2.93. The predicted molar refractivity (Wildman–Crippen MR) is 55.8 cm³/mol. The highest BCUT2D eigenvalue weighted by atomic mass is 35.5. The first kappa shape index (κ1) is 9.69. The summed E-state index contributed by atoms with van der Waals surface area (Å²) < 4.78 is 13.5. The molecule has 0 unspecified atom stereocenters. The van der Waals surface area contributed by atoms with E-state index in [1.54, 1.807) is 6.07 Å². The van der Waals surface area contributed by atoms with Crippen LogP contribution in [0.2, 0.25) is 5.02 Å². The van der Waals surface area contributed by atoms with Crippen molar-refractivity contribution >= 4 is 28.2 Å². The quantitative estimate of drug-likeness (QED) is 0.743. The topological polar surface area (TPSA) is 62.7 Å². The Morgan fingerprint density at radius 2 is 2.20 bits per heavy atom. The van der Waals surface area contributed by atoms with Gasteiger partial charge in [-0.2, -0.15) is 5.26 Å². The van der Waals surface area contributed by atoms with Gasteiger partial charge in [-0.25, -0.2) is 4.39 Å². The van der Waals surface area contributed by atoms with Crippen LogP contribution >= 0.6 is 11.6 Å². The lowest BCUT2D eigenvalue weighted by molar-refractivity contribution is 0.637. The maximum absolute atomic E-state index is 13.5. The maximum Gasteiger partial charge on any atom is 0.168 e. The Labute approximate surface area is 89.9 Å². The maximum atomic E-state index is 13.5. The van der Waals surface area contributed by atoms with Crippen LogP contribution in [0.1, 0.15) is 5.56 Å². The molecule has 2 rings (SSSR count). The summed E-state index contributed by atoms with van der Waals surface area (Å²) in [4.78, 5) is 3.81. The lowest BCUT2D eigenvalue weighted by Gasteiger charge is -2.04. The van der Waals surface area contributed by atoms with Gasteiger partial charge in [0.05, 0.1) is 16.3 Å². The largest absolute Gasteiger partial charge is 0.397 e. The minimum absolute atomic E-state index is 0.0147. The number of anilines is 1. The first-order chi connectivity index (χ1) is 7.15. The molecule has 0 fully saturated rings. The molecule has 0 saturated heterocycles. The van der Waals surface area contributed by atoms with Crippen LogP contribution in [0, 0.1) is 17.1 Å². The number of fused-ring (bicyclic) bond motifs is 1. The zero-order chi connectivity index (χ0) is 11.0. The number of nitrogen functional groups attached to an aromatic ring is 1. The number of nitrogens with zero attached hydrogens (tertiary/aromatic N) is 2. The molecule has 2 aromatic rings. The number of nitriles is 1. The van der Waals surface area contributed by atoms with Crippen LogP contribution in [0.25, 0.3) is 10.9 Å². The summed E-state index contributed by atoms with van der Waals surface area (Å²) in [5, 5.41) is 9.10. The van der Waals surface area contributed by atoms with E-state index in [2.05, 4.69) is 4.98 Å². The Bertz CT molecular complexity index is 589. The second kappa shape index (κ2) is 3.37. The number of hydrogen-bond donors (Lipinski definition) is 1. The summed E-state index contributed by atoms with van der Waals surface area (Å²) >= 11 is 5.59. The van der Waals surface area contributed by atoms with Crippen molar-refractivity contribution in [2.24, 2.45) is 0 Å².